The van der Waals surface area contributed by atoms with E-state index in [2.05, 4.69) is 27.4 Å². The van der Waals surface area contributed by atoms with Crippen molar-refractivity contribution in [1.29, 1.82) is 0 Å². The summed E-state index contributed by atoms with van der Waals surface area (Å²) in [7, 11) is 0. The van der Waals surface area contributed by atoms with E-state index in [-0.39, 0.29) is 24.8 Å². The number of hydrogen-bond acceptors (Lipinski definition) is 6. The average molecular weight is 493 g/mol. The number of carboxylic acid groups (broad SMARTS) is 1. The summed E-state index contributed by atoms with van der Waals surface area (Å²) in [5.74, 6) is -1.08. The molecular formula is C25H24N4O5S. The molecule has 0 saturated carbocycles. The van der Waals surface area contributed by atoms with Crippen LogP contribution >= 0.6 is 11.8 Å². The first-order valence-electron chi connectivity index (χ1n) is 11.2. The lowest BCUT2D eigenvalue weighted by molar-refractivity contribution is -0.148. The molecule has 3 aromatic rings. The summed E-state index contributed by atoms with van der Waals surface area (Å²) in [6.07, 6.45) is 2.45. The monoisotopic (exact) mass is 492 g/mol. The fourth-order valence-corrected chi connectivity index (χ4v) is 5.82. The van der Waals surface area contributed by atoms with Crippen LogP contribution in [0, 0.1) is 0 Å². The Bertz CT molecular complexity index is 1200. The zero-order valence-corrected chi connectivity index (χ0v) is 19.5. The quantitative estimate of drug-likeness (QED) is 0.463. The summed E-state index contributed by atoms with van der Waals surface area (Å²) in [6.45, 7) is 0.113. The van der Waals surface area contributed by atoms with Crippen molar-refractivity contribution in [2.24, 2.45) is 0 Å². The van der Waals surface area contributed by atoms with Crippen LogP contribution in [0.4, 0.5) is 4.79 Å². The summed E-state index contributed by atoms with van der Waals surface area (Å²) in [5, 5.41) is 12.1. The maximum Gasteiger partial charge on any atom is 0.407 e. The number of carbonyl (C=O) groups is 3. The number of H-pyrrole nitrogens is 1. The van der Waals surface area contributed by atoms with Gasteiger partial charge in [0.1, 0.15) is 18.7 Å². The van der Waals surface area contributed by atoms with Crippen LogP contribution in [0.1, 0.15) is 22.7 Å². The van der Waals surface area contributed by atoms with Gasteiger partial charge >= 0.3 is 12.1 Å². The highest BCUT2D eigenvalue weighted by atomic mass is 32.2. The van der Waals surface area contributed by atoms with Gasteiger partial charge in [-0.25, -0.2) is 14.6 Å². The summed E-state index contributed by atoms with van der Waals surface area (Å²) in [5.41, 5.74) is 5.06. The molecule has 2 unspecified atom stereocenters. The molecule has 2 aromatic carbocycles. The van der Waals surface area contributed by atoms with Crippen LogP contribution in [0.3, 0.4) is 0 Å². The predicted octanol–water partition coefficient (Wildman–Crippen LogP) is 2.85. The molecule has 1 aromatic heterocycles. The number of aromatic amines is 1. The summed E-state index contributed by atoms with van der Waals surface area (Å²) in [4.78, 5) is 45.9. The minimum Gasteiger partial charge on any atom is -0.480 e. The third-order valence-corrected chi connectivity index (χ3v) is 7.38. The largest absolute Gasteiger partial charge is 0.480 e. The summed E-state index contributed by atoms with van der Waals surface area (Å²) in [6, 6.07) is 14.1. The van der Waals surface area contributed by atoms with Crippen molar-refractivity contribution < 1.29 is 24.2 Å². The lowest BCUT2D eigenvalue weighted by Gasteiger charge is -2.26. The van der Waals surface area contributed by atoms with E-state index in [1.165, 1.54) is 23.0 Å². The third kappa shape index (κ3) is 4.61. The van der Waals surface area contributed by atoms with Gasteiger partial charge in [0, 0.05) is 30.0 Å². The van der Waals surface area contributed by atoms with E-state index in [1.807, 2.05) is 36.4 Å². The maximum atomic E-state index is 13.3. The van der Waals surface area contributed by atoms with Crippen LogP contribution in [-0.4, -0.2) is 68.3 Å². The van der Waals surface area contributed by atoms with Crippen LogP contribution in [-0.2, 0) is 20.7 Å². The highest BCUT2D eigenvalue weighted by Crippen LogP contribution is 2.44. The molecule has 2 heterocycles. The number of imidazole rings is 1. The first-order chi connectivity index (χ1) is 17.0. The molecule has 0 bridgehead atoms. The Morgan fingerprint density at radius 1 is 1.14 bits per heavy atom. The van der Waals surface area contributed by atoms with Crippen molar-refractivity contribution in [2.45, 2.75) is 24.4 Å². The highest BCUT2D eigenvalue weighted by Gasteiger charge is 2.38. The second-order valence-corrected chi connectivity index (χ2v) is 9.47. The molecule has 1 aliphatic heterocycles. The normalized spacial score (nSPS) is 17.5. The van der Waals surface area contributed by atoms with E-state index >= 15 is 0 Å². The van der Waals surface area contributed by atoms with Crippen LogP contribution in [0.15, 0.2) is 61.1 Å². The Labute approximate surface area is 205 Å². The van der Waals surface area contributed by atoms with Crippen LogP contribution in [0.2, 0.25) is 0 Å². The number of aliphatic carboxylic acids is 1. The van der Waals surface area contributed by atoms with Gasteiger partial charge in [0.2, 0.25) is 5.91 Å². The molecule has 2 amide bonds. The number of hydrogen-bond donors (Lipinski definition) is 3. The van der Waals surface area contributed by atoms with Gasteiger partial charge in [-0.3, -0.25) is 4.79 Å². The highest BCUT2D eigenvalue weighted by molar-refractivity contribution is 7.99. The van der Waals surface area contributed by atoms with Gasteiger partial charge in [-0.2, -0.15) is 0 Å². The summed E-state index contributed by atoms with van der Waals surface area (Å²) < 4.78 is 5.61. The van der Waals surface area contributed by atoms with Crippen molar-refractivity contribution in [3.8, 4) is 11.1 Å². The Balaban J connectivity index is 1.30. The van der Waals surface area contributed by atoms with Crippen molar-refractivity contribution in [3.63, 3.8) is 0 Å². The molecule has 2 aliphatic rings. The molecule has 180 valence electrons. The number of alkyl carbamates (subject to hydrolysis) is 1. The minimum atomic E-state index is -1.07. The van der Waals surface area contributed by atoms with Gasteiger partial charge in [-0.05, 0) is 22.3 Å². The van der Waals surface area contributed by atoms with E-state index in [9.17, 15) is 19.5 Å². The fourth-order valence-electron chi connectivity index (χ4n) is 4.66. The van der Waals surface area contributed by atoms with Crippen molar-refractivity contribution in [3.05, 3.63) is 77.9 Å². The number of carboxylic acids is 1. The topological polar surface area (TPSA) is 125 Å². The molecular weight excluding hydrogens is 468 g/mol. The van der Waals surface area contributed by atoms with Gasteiger partial charge in [0.05, 0.1) is 12.2 Å². The molecule has 2 atom stereocenters. The fraction of sp³-hybridized carbons (Fsp3) is 0.280. The molecule has 1 saturated heterocycles. The van der Waals surface area contributed by atoms with Crippen molar-refractivity contribution >= 4 is 29.7 Å². The van der Waals surface area contributed by atoms with E-state index in [4.69, 9.17) is 4.74 Å². The molecule has 0 spiro atoms. The van der Waals surface area contributed by atoms with Gasteiger partial charge in [-0.1, -0.05) is 48.5 Å². The Hall–Kier alpha value is -3.79. The number of rotatable bonds is 7. The van der Waals surface area contributed by atoms with Crippen LogP contribution in [0.5, 0.6) is 0 Å². The first-order valence-corrected chi connectivity index (χ1v) is 12.4. The minimum absolute atomic E-state index is 0.110. The Morgan fingerprint density at radius 3 is 2.46 bits per heavy atom. The average Bonchev–Trinajstić information content (AvgIpc) is 3.61. The van der Waals surface area contributed by atoms with E-state index in [0.29, 0.717) is 11.4 Å². The number of benzene rings is 2. The number of nitrogens with zero attached hydrogens (tertiary/aromatic N) is 2. The first kappa shape index (κ1) is 23.0. The zero-order chi connectivity index (χ0) is 24.4. The van der Waals surface area contributed by atoms with E-state index < -0.39 is 30.1 Å². The molecule has 9 nitrogen and oxygen atoms in total. The lowest BCUT2D eigenvalue weighted by Crippen LogP contribution is -2.53. The number of amides is 2. The molecule has 1 aliphatic carbocycles. The number of aromatic nitrogens is 2. The molecule has 5 rings (SSSR count). The van der Waals surface area contributed by atoms with Gasteiger partial charge in [0.25, 0.3) is 0 Å². The smallest absolute Gasteiger partial charge is 0.407 e. The van der Waals surface area contributed by atoms with E-state index in [1.54, 1.807) is 6.20 Å². The van der Waals surface area contributed by atoms with Gasteiger partial charge in [0.15, 0.2) is 0 Å². The van der Waals surface area contributed by atoms with Crippen molar-refractivity contribution in [1.82, 2.24) is 20.2 Å². The number of ether oxygens (including phenoxy) is 1. The second kappa shape index (κ2) is 9.83. The van der Waals surface area contributed by atoms with Crippen LogP contribution in [0.25, 0.3) is 11.1 Å². The second-order valence-electron chi connectivity index (χ2n) is 8.47. The SMILES string of the molecule is O=C(NC(Cc1cnc[nH]1)C(=O)N1CSCC1C(=O)O)OCC1c2ccccc2-c2ccccc21. The Kier molecular flexibility index (Phi) is 6.45. The van der Waals surface area contributed by atoms with Crippen molar-refractivity contribution in [2.75, 3.05) is 18.2 Å². The zero-order valence-electron chi connectivity index (χ0n) is 18.7. The lowest BCUT2D eigenvalue weighted by atomic mass is 9.98. The predicted molar refractivity (Wildman–Crippen MR) is 130 cm³/mol. The number of nitrogens with one attached hydrogen (secondary N) is 2. The molecule has 3 N–H and O–H groups in total. The number of fused-ring (bicyclic) bond motifs is 3. The molecule has 10 heteroatoms. The van der Waals surface area contributed by atoms with E-state index in [0.717, 1.165) is 22.3 Å². The van der Waals surface area contributed by atoms with Gasteiger partial charge < -0.3 is 25.0 Å². The molecule has 35 heavy (non-hydrogen) atoms. The standard InChI is InChI=1S/C25H24N4O5S/c30-23(29-14-35-12-22(29)24(31)32)21(9-15-10-26-13-27-15)28-25(33)34-11-20-18-7-3-1-5-16(18)17-6-2-4-8-19(17)20/h1-8,10,13,20-22H,9,11-12,14H2,(H,26,27)(H,28,33)(H,31,32). The number of carbonyl (C=O) groups excluding carboxylic acids is 2. The maximum absolute atomic E-state index is 13.3. The Morgan fingerprint density at radius 2 is 1.83 bits per heavy atom. The van der Waals surface area contributed by atoms with Crippen LogP contribution < -0.4 is 5.32 Å². The van der Waals surface area contributed by atoms with Gasteiger partial charge in [-0.15, -0.1) is 11.8 Å². The summed E-state index contributed by atoms with van der Waals surface area (Å²) >= 11 is 1.37. The number of thioether (sulfide) groups is 1. The molecule has 1 fully saturated rings. The molecule has 0 radical (unpaired) electrons. The third-order valence-electron chi connectivity index (χ3n) is 6.36.